The van der Waals surface area contributed by atoms with Crippen molar-refractivity contribution < 1.29 is 19.1 Å². The molecule has 0 atom stereocenters. The number of esters is 2. The molecule has 0 radical (unpaired) electrons. The Kier molecular flexibility index (Phi) is 12.5. The van der Waals surface area contributed by atoms with E-state index in [2.05, 4.69) is 47.3 Å². The molecule has 264 valence electrons. The summed E-state index contributed by atoms with van der Waals surface area (Å²) < 4.78 is 9.65. The number of hydrogen-bond acceptors (Lipinski definition) is 11. The lowest BCUT2D eigenvalue weighted by atomic mass is 9.67. The lowest BCUT2D eigenvalue weighted by Crippen LogP contribution is -2.61. The van der Waals surface area contributed by atoms with Crippen molar-refractivity contribution in [3.05, 3.63) is 75.1 Å². The molecule has 0 amide bonds. The van der Waals surface area contributed by atoms with E-state index in [1.807, 2.05) is 63.8 Å². The fraction of sp³-hybridized carbons (Fsp3) is 0.543. The van der Waals surface area contributed by atoms with Crippen molar-refractivity contribution in [2.24, 2.45) is 10.8 Å². The van der Waals surface area contributed by atoms with Crippen LogP contribution in [0.25, 0.3) is 0 Å². The summed E-state index contributed by atoms with van der Waals surface area (Å²) in [6.07, 6.45) is 6.24. The van der Waals surface area contributed by atoms with Crippen LogP contribution in [0.3, 0.4) is 0 Å². The monoisotopic (exact) mass is 693 g/mol. The number of aromatic nitrogens is 8. The molecule has 2 fully saturated rings. The van der Waals surface area contributed by atoms with Crippen LogP contribution in [0, 0.1) is 38.5 Å². The summed E-state index contributed by atoms with van der Waals surface area (Å²) in [4.78, 5) is 42.5. The van der Waals surface area contributed by atoms with Crippen LogP contribution in [0.4, 0.5) is 5.95 Å². The summed E-state index contributed by atoms with van der Waals surface area (Å²) in [5, 5.41) is 14.5. The van der Waals surface area contributed by atoms with Gasteiger partial charge in [-0.3, -0.25) is 19.8 Å². The highest BCUT2D eigenvalue weighted by Crippen LogP contribution is 2.44. The molecule has 13 nitrogen and oxygen atoms in total. The third kappa shape index (κ3) is 9.40. The molecule has 14 heteroatoms. The van der Waals surface area contributed by atoms with Crippen LogP contribution in [-0.4, -0.2) is 79.6 Å². The molecule has 0 unspecified atom stereocenters. The molecule has 1 saturated heterocycles. The summed E-state index contributed by atoms with van der Waals surface area (Å²) in [5.74, 6) is 0.507. The Morgan fingerprint density at radius 2 is 1.22 bits per heavy atom. The minimum Gasteiger partial charge on any atom is -0.469 e. The fourth-order valence-electron chi connectivity index (χ4n) is 6.10. The number of hydrogen-bond donors (Lipinski definition) is 2. The molecule has 0 spiro atoms. The van der Waals surface area contributed by atoms with Crippen molar-refractivity contribution in [1.82, 2.24) is 40.3 Å². The second-order valence-electron chi connectivity index (χ2n) is 13.0. The molecule has 5 heterocycles. The first-order chi connectivity index (χ1) is 23.3. The van der Waals surface area contributed by atoms with Crippen LogP contribution in [0.1, 0.15) is 91.5 Å². The zero-order chi connectivity index (χ0) is 35.8. The van der Waals surface area contributed by atoms with Crippen LogP contribution in [0.2, 0.25) is 5.28 Å². The number of carbonyl (C=O) groups excluding carboxylic acids is 2. The number of nitrogens with zero attached hydrogens (tertiary/aromatic N) is 7. The Hall–Kier alpha value is -4.39. The SMILES string of the molecule is CCC1(C(=O)OC)CCC1.CCC1(C(=O)OC)CN(c2nc(C)cc(Cc3cc(C)[nH]n3)n2)C1.Cc1cc(Cc2cc(C)[nH]n2)nc(Cl)n1. The van der Waals surface area contributed by atoms with Crippen LogP contribution in [-0.2, 0) is 31.9 Å². The maximum absolute atomic E-state index is 12.0. The van der Waals surface area contributed by atoms with Gasteiger partial charge in [0.05, 0.1) is 42.4 Å². The van der Waals surface area contributed by atoms with Crippen LogP contribution >= 0.6 is 11.6 Å². The zero-order valence-corrected chi connectivity index (χ0v) is 30.6. The molecule has 4 aromatic heterocycles. The Balaban J connectivity index is 0.000000184. The maximum Gasteiger partial charge on any atom is 0.315 e. The number of methoxy groups -OCH3 is 2. The van der Waals surface area contributed by atoms with Crippen molar-refractivity contribution in [3.63, 3.8) is 0 Å². The van der Waals surface area contributed by atoms with Gasteiger partial charge in [0.25, 0.3) is 0 Å². The molecule has 0 aromatic carbocycles. The number of rotatable bonds is 9. The first-order valence-corrected chi connectivity index (χ1v) is 17.0. The maximum atomic E-state index is 12.0. The van der Waals surface area contributed by atoms with Crippen LogP contribution < -0.4 is 4.90 Å². The first kappa shape index (κ1) is 37.4. The summed E-state index contributed by atoms with van der Waals surface area (Å²) in [6, 6.07) is 7.89. The summed E-state index contributed by atoms with van der Waals surface area (Å²) in [6.45, 7) is 13.1. The highest BCUT2D eigenvalue weighted by Gasteiger charge is 2.50. The molecule has 49 heavy (non-hydrogen) atoms. The van der Waals surface area contributed by atoms with Crippen LogP contribution in [0.5, 0.6) is 0 Å². The quantitative estimate of drug-likeness (QED) is 0.166. The molecular weight excluding hydrogens is 646 g/mol. The van der Waals surface area contributed by atoms with Crippen molar-refractivity contribution in [3.8, 4) is 0 Å². The number of aromatic amines is 2. The Labute approximate surface area is 293 Å². The number of carbonyl (C=O) groups is 2. The fourth-order valence-corrected chi connectivity index (χ4v) is 6.34. The second kappa shape index (κ2) is 16.3. The van der Waals surface area contributed by atoms with E-state index in [0.29, 0.717) is 31.9 Å². The molecule has 6 rings (SSSR count). The topological polar surface area (TPSA) is 165 Å². The standard InChI is InChI=1S/C17H23N5O2.C10H11ClN4.C8H14O2/c1-5-17(15(23)24-4)9-22(10-17)16-18-11(2)6-13(19-16)8-14-7-12(3)20-21-14;1-6-3-8(13-10(11)12-6)5-9-4-7(2)14-15-9;1-3-8(5-4-6-8)7(9)10-2/h6-7H,5,8-10H2,1-4H3,(H,20,21);3-4H,5H2,1-2H3,(H,14,15);3-6H2,1-2H3. The van der Waals surface area contributed by atoms with E-state index in [0.717, 1.165) is 71.2 Å². The predicted octanol–water partition coefficient (Wildman–Crippen LogP) is 5.60. The molecule has 0 bridgehead atoms. The highest BCUT2D eigenvalue weighted by molar-refractivity contribution is 6.28. The second-order valence-corrected chi connectivity index (χ2v) is 13.3. The van der Waals surface area contributed by atoms with E-state index in [-0.39, 0.29) is 22.6 Å². The minimum atomic E-state index is -0.429. The largest absolute Gasteiger partial charge is 0.469 e. The van der Waals surface area contributed by atoms with Gasteiger partial charge in [-0.05, 0) is 89.2 Å². The molecule has 1 saturated carbocycles. The third-order valence-electron chi connectivity index (χ3n) is 9.19. The van der Waals surface area contributed by atoms with Gasteiger partial charge in [0.1, 0.15) is 5.41 Å². The van der Waals surface area contributed by atoms with Crippen molar-refractivity contribution in [1.29, 1.82) is 0 Å². The van der Waals surface area contributed by atoms with Gasteiger partial charge in [-0.25, -0.2) is 19.9 Å². The zero-order valence-electron chi connectivity index (χ0n) is 29.8. The normalized spacial score (nSPS) is 15.4. The van der Waals surface area contributed by atoms with E-state index >= 15 is 0 Å². The number of anilines is 1. The van der Waals surface area contributed by atoms with Gasteiger partial charge >= 0.3 is 11.9 Å². The van der Waals surface area contributed by atoms with Gasteiger partial charge in [0.2, 0.25) is 11.2 Å². The molecular formula is C35H48ClN9O4. The number of ether oxygens (including phenoxy) is 2. The van der Waals surface area contributed by atoms with Crippen molar-refractivity contribution in [2.45, 2.75) is 86.5 Å². The average molecular weight is 694 g/mol. The average Bonchev–Trinajstić information content (AvgIpc) is 3.62. The van der Waals surface area contributed by atoms with E-state index in [1.165, 1.54) is 20.6 Å². The van der Waals surface area contributed by atoms with Gasteiger partial charge in [-0.1, -0.05) is 20.3 Å². The third-order valence-corrected chi connectivity index (χ3v) is 9.36. The highest BCUT2D eigenvalue weighted by atomic mass is 35.5. The summed E-state index contributed by atoms with van der Waals surface area (Å²) in [5.41, 5.74) is 7.07. The van der Waals surface area contributed by atoms with E-state index < -0.39 is 5.41 Å². The van der Waals surface area contributed by atoms with Gasteiger partial charge in [-0.2, -0.15) is 10.2 Å². The molecule has 2 N–H and O–H groups in total. The van der Waals surface area contributed by atoms with E-state index in [1.54, 1.807) is 0 Å². The molecule has 1 aliphatic heterocycles. The molecule has 1 aliphatic carbocycles. The minimum absolute atomic E-state index is 0.0127. The van der Waals surface area contributed by atoms with Crippen molar-refractivity contribution >= 4 is 29.5 Å². The first-order valence-electron chi connectivity index (χ1n) is 16.6. The van der Waals surface area contributed by atoms with Gasteiger partial charge in [0, 0.05) is 48.7 Å². The number of halogens is 1. The Bertz CT molecular complexity index is 1700. The van der Waals surface area contributed by atoms with Gasteiger partial charge < -0.3 is 14.4 Å². The number of nitrogens with one attached hydrogen (secondary N) is 2. The Morgan fingerprint density at radius 3 is 1.61 bits per heavy atom. The lowest BCUT2D eigenvalue weighted by molar-refractivity contribution is -0.158. The van der Waals surface area contributed by atoms with Crippen LogP contribution in [0.15, 0.2) is 24.3 Å². The number of aryl methyl sites for hydroxylation is 4. The predicted molar refractivity (Wildman–Crippen MR) is 186 cm³/mol. The van der Waals surface area contributed by atoms with Gasteiger partial charge in [0.15, 0.2) is 0 Å². The van der Waals surface area contributed by atoms with E-state index in [9.17, 15) is 9.59 Å². The Morgan fingerprint density at radius 1 is 0.735 bits per heavy atom. The van der Waals surface area contributed by atoms with Gasteiger partial charge in [-0.15, -0.1) is 0 Å². The summed E-state index contributed by atoms with van der Waals surface area (Å²) >= 11 is 5.77. The molecule has 4 aromatic rings. The summed E-state index contributed by atoms with van der Waals surface area (Å²) in [7, 11) is 2.91. The van der Waals surface area contributed by atoms with E-state index in [4.69, 9.17) is 21.1 Å². The lowest BCUT2D eigenvalue weighted by Gasteiger charge is -2.47. The van der Waals surface area contributed by atoms with Crippen molar-refractivity contribution in [2.75, 3.05) is 32.2 Å². The molecule has 2 aliphatic rings. The number of H-pyrrole nitrogens is 2. The smallest absolute Gasteiger partial charge is 0.315 e.